The van der Waals surface area contributed by atoms with E-state index in [2.05, 4.69) is 27.7 Å². The highest BCUT2D eigenvalue weighted by atomic mass is 16.6. The fraction of sp³-hybridized carbons (Fsp3) is 0.932. The topological polar surface area (TPSA) is 78.9 Å². The van der Waals surface area contributed by atoms with Crippen LogP contribution < -0.4 is 0 Å². The van der Waals surface area contributed by atoms with Crippen molar-refractivity contribution in [3.63, 3.8) is 0 Å². The summed E-state index contributed by atoms with van der Waals surface area (Å²) in [6.07, 6.45) is 36.8. The minimum atomic E-state index is -0.756. The van der Waals surface area contributed by atoms with Crippen LogP contribution >= 0.6 is 0 Å². The van der Waals surface area contributed by atoms with Crippen molar-refractivity contribution in [1.82, 2.24) is 0 Å². The Kier molecular flexibility index (Phi) is 37.4. The molecule has 0 aromatic rings. The zero-order chi connectivity index (χ0) is 36.8. The zero-order valence-electron chi connectivity index (χ0n) is 33.9. The van der Waals surface area contributed by atoms with Crippen molar-refractivity contribution < 1.29 is 28.6 Å². The highest BCUT2D eigenvalue weighted by molar-refractivity contribution is 5.71. The van der Waals surface area contributed by atoms with Gasteiger partial charge >= 0.3 is 17.9 Å². The Balaban J connectivity index is 4.13. The maximum Gasteiger partial charge on any atom is 0.306 e. The van der Waals surface area contributed by atoms with Gasteiger partial charge in [0.15, 0.2) is 6.10 Å². The summed E-state index contributed by atoms with van der Waals surface area (Å²) >= 11 is 0. The number of rotatable bonds is 39. The van der Waals surface area contributed by atoms with Gasteiger partial charge in [0.05, 0.1) is 0 Å². The number of ether oxygens (including phenoxy) is 3. The van der Waals surface area contributed by atoms with Gasteiger partial charge in [0.25, 0.3) is 0 Å². The van der Waals surface area contributed by atoms with E-state index in [1.54, 1.807) is 0 Å². The van der Waals surface area contributed by atoms with E-state index in [1.165, 1.54) is 135 Å². The monoisotopic (exact) mass is 709 g/mol. The molecule has 0 aromatic heterocycles. The van der Waals surface area contributed by atoms with E-state index in [-0.39, 0.29) is 31.1 Å². The van der Waals surface area contributed by atoms with Crippen molar-refractivity contribution in [2.24, 2.45) is 5.92 Å². The summed E-state index contributed by atoms with van der Waals surface area (Å²) in [4.78, 5) is 37.4. The maximum absolute atomic E-state index is 12.5. The van der Waals surface area contributed by atoms with Crippen LogP contribution in [0.4, 0.5) is 0 Å². The van der Waals surface area contributed by atoms with E-state index >= 15 is 0 Å². The second kappa shape index (κ2) is 38.6. The highest BCUT2D eigenvalue weighted by Crippen LogP contribution is 2.17. The first-order chi connectivity index (χ1) is 24.4. The van der Waals surface area contributed by atoms with E-state index in [4.69, 9.17) is 14.2 Å². The van der Waals surface area contributed by atoms with Crippen LogP contribution in [0.2, 0.25) is 0 Å². The average molecular weight is 709 g/mol. The van der Waals surface area contributed by atoms with Crippen LogP contribution in [0.25, 0.3) is 0 Å². The van der Waals surface area contributed by atoms with Crippen molar-refractivity contribution in [2.45, 2.75) is 246 Å². The number of carbonyl (C=O) groups is 3. The molecule has 0 amide bonds. The van der Waals surface area contributed by atoms with Crippen molar-refractivity contribution in [3.8, 4) is 0 Å². The largest absolute Gasteiger partial charge is 0.462 e. The number of hydrogen-bond donors (Lipinski definition) is 0. The number of esters is 3. The lowest BCUT2D eigenvalue weighted by Gasteiger charge is -2.18. The molecule has 6 heteroatoms. The molecule has 0 N–H and O–H groups in total. The summed E-state index contributed by atoms with van der Waals surface area (Å²) in [6, 6.07) is 0. The first-order valence-corrected chi connectivity index (χ1v) is 21.9. The molecule has 0 aliphatic carbocycles. The predicted molar refractivity (Wildman–Crippen MR) is 210 cm³/mol. The van der Waals surface area contributed by atoms with Crippen LogP contribution in [0.1, 0.15) is 240 Å². The summed E-state index contributed by atoms with van der Waals surface area (Å²) in [5.74, 6) is 0.0256. The molecule has 6 nitrogen and oxygen atoms in total. The van der Waals surface area contributed by atoms with Crippen LogP contribution in [0.15, 0.2) is 0 Å². The molecule has 0 fully saturated rings. The molecule has 1 unspecified atom stereocenters. The Morgan fingerprint density at radius 1 is 0.400 bits per heavy atom. The SMILES string of the molecule is CCCCCCCCCC(=O)OC[C@H](COC(=O)CCCCCCCCCCCCCCCCC(C)CC)OC(=O)CCCCCCCCC. The van der Waals surface area contributed by atoms with Gasteiger partial charge in [-0.3, -0.25) is 14.4 Å². The highest BCUT2D eigenvalue weighted by Gasteiger charge is 2.19. The van der Waals surface area contributed by atoms with E-state index in [1.807, 2.05) is 0 Å². The maximum atomic E-state index is 12.5. The van der Waals surface area contributed by atoms with Crippen LogP contribution in [-0.4, -0.2) is 37.2 Å². The van der Waals surface area contributed by atoms with E-state index < -0.39 is 6.10 Å². The van der Waals surface area contributed by atoms with E-state index in [0.29, 0.717) is 19.3 Å². The molecule has 0 heterocycles. The molecular weight excluding hydrogens is 624 g/mol. The van der Waals surface area contributed by atoms with Gasteiger partial charge in [-0.25, -0.2) is 0 Å². The fourth-order valence-electron chi connectivity index (χ4n) is 6.42. The number of hydrogen-bond acceptors (Lipinski definition) is 6. The normalized spacial score (nSPS) is 12.5. The molecule has 0 aliphatic heterocycles. The van der Waals surface area contributed by atoms with Gasteiger partial charge in [0, 0.05) is 19.3 Å². The molecule has 0 bridgehead atoms. The molecule has 0 radical (unpaired) electrons. The molecule has 0 aromatic carbocycles. The van der Waals surface area contributed by atoms with Crippen LogP contribution in [0, 0.1) is 5.92 Å². The minimum absolute atomic E-state index is 0.0649. The Morgan fingerprint density at radius 2 is 0.700 bits per heavy atom. The smallest absolute Gasteiger partial charge is 0.306 e. The van der Waals surface area contributed by atoms with Crippen molar-refractivity contribution >= 4 is 17.9 Å². The van der Waals surface area contributed by atoms with Gasteiger partial charge in [0.2, 0.25) is 0 Å². The summed E-state index contributed by atoms with van der Waals surface area (Å²) in [6.45, 7) is 8.95. The number of unbranched alkanes of at least 4 members (excludes halogenated alkanes) is 25. The predicted octanol–water partition coefficient (Wildman–Crippen LogP) is 13.6. The summed E-state index contributed by atoms with van der Waals surface area (Å²) < 4.78 is 16.6. The summed E-state index contributed by atoms with van der Waals surface area (Å²) in [5.41, 5.74) is 0. The summed E-state index contributed by atoms with van der Waals surface area (Å²) in [7, 11) is 0. The van der Waals surface area contributed by atoms with Crippen molar-refractivity contribution in [1.29, 1.82) is 0 Å². The van der Waals surface area contributed by atoms with Gasteiger partial charge in [-0.1, -0.05) is 201 Å². The van der Waals surface area contributed by atoms with Crippen molar-refractivity contribution in [3.05, 3.63) is 0 Å². The molecule has 0 spiro atoms. The van der Waals surface area contributed by atoms with Crippen LogP contribution in [0.5, 0.6) is 0 Å². The third kappa shape index (κ3) is 36.2. The van der Waals surface area contributed by atoms with Gasteiger partial charge in [0.1, 0.15) is 13.2 Å². The van der Waals surface area contributed by atoms with E-state index in [0.717, 1.165) is 63.7 Å². The third-order valence-electron chi connectivity index (χ3n) is 10.2. The molecule has 50 heavy (non-hydrogen) atoms. The van der Waals surface area contributed by atoms with Crippen LogP contribution in [-0.2, 0) is 28.6 Å². The fourth-order valence-corrected chi connectivity index (χ4v) is 6.42. The first-order valence-electron chi connectivity index (χ1n) is 21.9. The Hall–Kier alpha value is -1.59. The van der Waals surface area contributed by atoms with Crippen molar-refractivity contribution in [2.75, 3.05) is 13.2 Å². The lowest BCUT2D eigenvalue weighted by Crippen LogP contribution is -2.30. The van der Waals surface area contributed by atoms with Crippen LogP contribution in [0.3, 0.4) is 0 Å². The van der Waals surface area contributed by atoms with Gasteiger partial charge in [-0.15, -0.1) is 0 Å². The Morgan fingerprint density at radius 3 is 1.04 bits per heavy atom. The Bertz CT molecular complexity index is 753. The molecule has 0 saturated heterocycles. The van der Waals surface area contributed by atoms with E-state index in [9.17, 15) is 14.4 Å². The molecule has 296 valence electrons. The van der Waals surface area contributed by atoms with Gasteiger partial charge in [-0.05, 0) is 25.2 Å². The third-order valence-corrected chi connectivity index (χ3v) is 10.2. The second-order valence-electron chi connectivity index (χ2n) is 15.2. The lowest BCUT2D eigenvalue weighted by atomic mass is 9.99. The molecule has 2 atom stereocenters. The lowest BCUT2D eigenvalue weighted by molar-refractivity contribution is -0.167. The van der Waals surface area contributed by atoms with Gasteiger partial charge < -0.3 is 14.2 Å². The average Bonchev–Trinajstić information content (AvgIpc) is 3.11. The molecular formula is C44H84O6. The molecule has 0 saturated carbocycles. The first kappa shape index (κ1) is 48.4. The standard InChI is InChI=1S/C44H84O6/c1-5-8-10-12-22-27-31-35-42(45)48-38-41(50-44(47)37-33-29-23-13-11-9-6-2)39-49-43(46)36-32-28-25-21-19-17-15-14-16-18-20-24-26-30-34-40(4)7-3/h40-41H,5-39H2,1-4H3/t40?,41-/m1/s1. The number of carbonyl (C=O) groups excluding carboxylic acids is 3. The molecule has 0 aliphatic rings. The summed E-state index contributed by atoms with van der Waals surface area (Å²) in [5, 5.41) is 0. The van der Waals surface area contributed by atoms with Gasteiger partial charge in [-0.2, -0.15) is 0 Å². The Labute approximate surface area is 310 Å². The second-order valence-corrected chi connectivity index (χ2v) is 15.2. The minimum Gasteiger partial charge on any atom is -0.462 e. The molecule has 0 rings (SSSR count). The quantitative estimate of drug-likeness (QED) is 0.0359. The zero-order valence-corrected chi connectivity index (χ0v) is 33.9.